The van der Waals surface area contributed by atoms with Crippen molar-refractivity contribution in [2.45, 2.75) is 77.2 Å². The lowest BCUT2D eigenvalue weighted by molar-refractivity contribution is 0.162. The van der Waals surface area contributed by atoms with Gasteiger partial charge in [0.15, 0.2) is 0 Å². The first-order valence-electron chi connectivity index (χ1n) is 8.99. The van der Waals surface area contributed by atoms with Crippen molar-refractivity contribution < 1.29 is 0 Å². The Morgan fingerprint density at radius 2 is 1.68 bits per heavy atom. The molecule has 2 bridgehead atoms. The Kier molecular flexibility index (Phi) is 3.17. The normalized spacial score (nSPS) is 47.5. The van der Waals surface area contributed by atoms with Gasteiger partial charge >= 0.3 is 0 Å². The monoisotopic (exact) mass is 261 g/mol. The third kappa shape index (κ3) is 2.17. The van der Waals surface area contributed by atoms with Crippen molar-refractivity contribution in [1.29, 1.82) is 0 Å². The van der Waals surface area contributed by atoms with Crippen molar-refractivity contribution in [2.24, 2.45) is 29.1 Å². The molecule has 0 saturated heterocycles. The second kappa shape index (κ2) is 4.76. The van der Waals surface area contributed by atoms with E-state index >= 15 is 0 Å². The van der Waals surface area contributed by atoms with Gasteiger partial charge in [0.25, 0.3) is 0 Å². The van der Waals surface area contributed by atoms with Gasteiger partial charge in [-0.3, -0.25) is 0 Å². The summed E-state index contributed by atoms with van der Waals surface area (Å²) < 4.78 is 0. The maximum atomic E-state index is 4.04. The van der Waals surface area contributed by atoms with Gasteiger partial charge in [-0.1, -0.05) is 32.6 Å². The highest BCUT2D eigenvalue weighted by Gasteiger charge is 2.53. The molecule has 0 amide bonds. The van der Waals surface area contributed by atoms with Crippen molar-refractivity contribution in [2.75, 3.05) is 6.54 Å². The molecule has 4 aliphatic rings. The summed E-state index contributed by atoms with van der Waals surface area (Å²) in [6, 6.07) is 0.892. The van der Waals surface area contributed by atoms with Crippen LogP contribution in [0.4, 0.5) is 0 Å². The predicted octanol–water partition coefficient (Wildman–Crippen LogP) is 4.37. The lowest BCUT2D eigenvalue weighted by atomic mass is 9.74. The average molecular weight is 261 g/mol. The summed E-state index contributed by atoms with van der Waals surface area (Å²) in [6.45, 7) is 3.84. The number of nitrogens with one attached hydrogen (secondary N) is 1. The fourth-order valence-electron chi connectivity index (χ4n) is 6.26. The predicted molar refractivity (Wildman–Crippen MR) is 80.0 cm³/mol. The quantitative estimate of drug-likeness (QED) is 0.795. The van der Waals surface area contributed by atoms with E-state index in [-0.39, 0.29) is 0 Å². The first kappa shape index (κ1) is 12.7. The zero-order valence-corrected chi connectivity index (χ0v) is 12.7. The lowest BCUT2D eigenvalue weighted by Gasteiger charge is -2.38. The fourth-order valence-corrected chi connectivity index (χ4v) is 6.26. The smallest absolute Gasteiger partial charge is 0.0101 e. The van der Waals surface area contributed by atoms with E-state index in [1.807, 2.05) is 0 Å². The first-order chi connectivity index (χ1) is 9.25. The summed E-state index contributed by atoms with van der Waals surface area (Å²) in [5.41, 5.74) is 0.620. The highest BCUT2D eigenvalue weighted by atomic mass is 15.0. The molecule has 5 unspecified atom stereocenters. The van der Waals surface area contributed by atoms with Crippen LogP contribution in [0.15, 0.2) is 0 Å². The van der Waals surface area contributed by atoms with Gasteiger partial charge < -0.3 is 5.32 Å². The second-order valence-electron chi connectivity index (χ2n) is 8.51. The summed E-state index contributed by atoms with van der Waals surface area (Å²) in [5.74, 6) is 4.43. The summed E-state index contributed by atoms with van der Waals surface area (Å²) >= 11 is 0. The zero-order chi connectivity index (χ0) is 12.9. The molecule has 1 N–H and O–H groups in total. The Morgan fingerprint density at radius 1 is 0.895 bits per heavy atom. The Hall–Kier alpha value is -0.0400. The molecule has 0 aromatic rings. The number of hydrogen-bond acceptors (Lipinski definition) is 1. The fraction of sp³-hybridized carbons (Fsp3) is 1.00. The molecule has 4 saturated carbocycles. The molecule has 5 atom stereocenters. The average Bonchev–Trinajstić information content (AvgIpc) is 3.10. The second-order valence-corrected chi connectivity index (χ2v) is 8.51. The van der Waals surface area contributed by atoms with Crippen LogP contribution in [-0.2, 0) is 0 Å². The minimum atomic E-state index is 0.620. The molecule has 0 aromatic carbocycles. The van der Waals surface area contributed by atoms with E-state index in [4.69, 9.17) is 0 Å². The Morgan fingerprint density at radius 3 is 2.53 bits per heavy atom. The van der Waals surface area contributed by atoms with Crippen LogP contribution in [0.3, 0.4) is 0 Å². The molecule has 0 aliphatic heterocycles. The summed E-state index contributed by atoms with van der Waals surface area (Å²) in [4.78, 5) is 0. The molecule has 108 valence electrons. The third-order valence-corrected chi connectivity index (χ3v) is 7.28. The minimum absolute atomic E-state index is 0.620. The van der Waals surface area contributed by atoms with Crippen molar-refractivity contribution in [3.63, 3.8) is 0 Å². The van der Waals surface area contributed by atoms with Crippen LogP contribution in [0.2, 0.25) is 0 Å². The SMILES string of the molecule is CC1(CNC2CC3CC2C2CCCC32)CCCCC1. The maximum Gasteiger partial charge on any atom is 0.0101 e. The van der Waals surface area contributed by atoms with Crippen molar-refractivity contribution in [1.82, 2.24) is 5.32 Å². The van der Waals surface area contributed by atoms with Crippen LogP contribution < -0.4 is 5.32 Å². The van der Waals surface area contributed by atoms with Crippen LogP contribution in [0, 0.1) is 29.1 Å². The number of fused-ring (bicyclic) bond motifs is 5. The molecule has 1 nitrogen and oxygen atoms in total. The molecule has 19 heavy (non-hydrogen) atoms. The van der Waals surface area contributed by atoms with E-state index in [0.29, 0.717) is 5.41 Å². The highest BCUT2D eigenvalue weighted by Crippen LogP contribution is 2.58. The molecular weight excluding hydrogens is 230 g/mol. The summed E-state index contributed by atoms with van der Waals surface area (Å²) in [6.07, 6.45) is 15.1. The maximum absolute atomic E-state index is 4.04. The van der Waals surface area contributed by atoms with Crippen LogP contribution in [0.25, 0.3) is 0 Å². The largest absolute Gasteiger partial charge is 0.313 e. The van der Waals surface area contributed by atoms with Crippen LogP contribution in [0.1, 0.15) is 71.1 Å². The van der Waals surface area contributed by atoms with Gasteiger partial charge in [0, 0.05) is 12.6 Å². The van der Waals surface area contributed by atoms with Crippen molar-refractivity contribution >= 4 is 0 Å². The van der Waals surface area contributed by atoms with Gasteiger partial charge in [0.05, 0.1) is 0 Å². The minimum Gasteiger partial charge on any atom is -0.313 e. The van der Waals surface area contributed by atoms with Crippen LogP contribution in [0.5, 0.6) is 0 Å². The van der Waals surface area contributed by atoms with Gasteiger partial charge in [-0.2, -0.15) is 0 Å². The molecule has 4 fully saturated rings. The van der Waals surface area contributed by atoms with Crippen LogP contribution >= 0.6 is 0 Å². The van der Waals surface area contributed by atoms with E-state index in [2.05, 4.69) is 12.2 Å². The molecule has 4 rings (SSSR count). The molecular formula is C18H31N. The molecule has 0 heterocycles. The molecule has 0 radical (unpaired) electrons. The Labute approximate surface area is 118 Å². The van der Waals surface area contributed by atoms with Gasteiger partial charge in [-0.25, -0.2) is 0 Å². The molecule has 0 spiro atoms. The standard InChI is InChI=1S/C18H31N/c1-18(8-3-2-4-9-18)12-19-17-11-13-10-16(17)15-7-5-6-14(13)15/h13-17,19H,2-12H2,1H3. The van der Waals surface area contributed by atoms with Gasteiger partial charge in [0.2, 0.25) is 0 Å². The Balaban J connectivity index is 1.35. The Bertz CT molecular complexity index is 331. The summed E-state index contributed by atoms with van der Waals surface area (Å²) in [5, 5.41) is 4.04. The van der Waals surface area contributed by atoms with Gasteiger partial charge in [0.1, 0.15) is 0 Å². The van der Waals surface area contributed by atoms with Gasteiger partial charge in [-0.05, 0) is 67.6 Å². The lowest BCUT2D eigenvalue weighted by Crippen LogP contribution is -2.44. The van der Waals surface area contributed by atoms with Gasteiger partial charge in [-0.15, -0.1) is 0 Å². The molecule has 4 aliphatic carbocycles. The number of rotatable bonds is 3. The van der Waals surface area contributed by atoms with Crippen LogP contribution in [-0.4, -0.2) is 12.6 Å². The van der Waals surface area contributed by atoms with E-state index < -0.39 is 0 Å². The topological polar surface area (TPSA) is 12.0 Å². The zero-order valence-electron chi connectivity index (χ0n) is 12.7. The third-order valence-electron chi connectivity index (χ3n) is 7.28. The highest BCUT2D eigenvalue weighted by molar-refractivity contribution is 5.05. The van der Waals surface area contributed by atoms with Crippen molar-refractivity contribution in [3.8, 4) is 0 Å². The summed E-state index contributed by atoms with van der Waals surface area (Å²) in [7, 11) is 0. The van der Waals surface area contributed by atoms with E-state index in [1.54, 1.807) is 19.3 Å². The van der Waals surface area contributed by atoms with Crippen molar-refractivity contribution in [3.05, 3.63) is 0 Å². The van der Waals surface area contributed by atoms with E-state index in [9.17, 15) is 0 Å². The first-order valence-corrected chi connectivity index (χ1v) is 8.99. The van der Waals surface area contributed by atoms with E-state index in [1.165, 1.54) is 51.5 Å². The molecule has 0 aromatic heterocycles. The number of hydrogen-bond donors (Lipinski definition) is 1. The van der Waals surface area contributed by atoms with E-state index in [0.717, 1.165) is 29.7 Å². The molecule has 1 heteroatoms.